The molecule has 0 aliphatic rings. The minimum atomic E-state index is -0.709. The quantitative estimate of drug-likeness (QED) is 0.630. The minimum Gasteiger partial charge on any atom is -0.495 e. The van der Waals surface area contributed by atoms with Crippen molar-refractivity contribution in [2.75, 3.05) is 14.2 Å². The van der Waals surface area contributed by atoms with Gasteiger partial charge in [0.15, 0.2) is 0 Å². The fraction of sp³-hybridized carbons (Fsp3) is 0.200. The lowest BCUT2D eigenvalue weighted by molar-refractivity contribution is 0.386. The number of methoxy groups -OCH3 is 2. The number of alkyl halides is 1. The van der Waals surface area contributed by atoms with Crippen molar-refractivity contribution in [1.82, 2.24) is 0 Å². The number of hydrogen-bond donors (Lipinski definition) is 0. The van der Waals surface area contributed by atoms with Gasteiger partial charge in [0.2, 0.25) is 0 Å². The van der Waals surface area contributed by atoms with Crippen LogP contribution < -0.4 is 9.47 Å². The van der Waals surface area contributed by atoms with Crippen molar-refractivity contribution in [3.8, 4) is 11.5 Å². The molecule has 0 heterocycles. The highest BCUT2D eigenvalue weighted by atomic mass is 79.9. The Morgan fingerprint density at radius 3 is 2.33 bits per heavy atom. The molecule has 0 radical (unpaired) electrons. The van der Waals surface area contributed by atoms with E-state index in [9.17, 15) is 4.39 Å². The molecular weight excluding hydrogens is 382 g/mol. The predicted molar refractivity (Wildman–Crippen MR) is 86.4 cm³/mol. The number of ether oxygens (including phenoxy) is 2. The van der Waals surface area contributed by atoms with E-state index in [0.717, 1.165) is 0 Å². The van der Waals surface area contributed by atoms with Crippen LogP contribution in [-0.2, 0) is 0 Å². The molecule has 2 rings (SSSR count). The molecular formula is C15H12BrCl2FO2. The number of hydrogen-bond acceptors (Lipinski definition) is 2. The van der Waals surface area contributed by atoms with E-state index in [1.54, 1.807) is 31.4 Å². The van der Waals surface area contributed by atoms with Crippen molar-refractivity contribution in [2.24, 2.45) is 0 Å². The normalized spacial score (nSPS) is 12.1. The smallest absolute Gasteiger partial charge is 0.141 e. The van der Waals surface area contributed by atoms with Gasteiger partial charge in [0, 0.05) is 16.1 Å². The molecule has 0 spiro atoms. The molecule has 21 heavy (non-hydrogen) atoms. The lowest BCUT2D eigenvalue weighted by Crippen LogP contribution is -2.01. The monoisotopic (exact) mass is 392 g/mol. The first-order valence-corrected chi connectivity index (χ1v) is 7.59. The van der Waals surface area contributed by atoms with Crippen LogP contribution in [0.5, 0.6) is 11.5 Å². The zero-order valence-electron chi connectivity index (χ0n) is 11.3. The van der Waals surface area contributed by atoms with Gasteiger partial charge in [-0.05, 0) is 40.2 Å². The van der Waals surface area contributed by atoms with Crippen molar-refractivity contribution in [2.45, 2.75) is 5.38 Å². The molecule has 1 unspecified atom stereocenters. The molecule has 0 bridgehead atoms. The molecule has 0 saturated carbocycles. The van der Waals surface area contributed by atoms with Crippen LogP contribution in [0.2, 0.25) is 5.02 Å². The Balaban J connectivity index is 2.52. The largest absolute Gasteiger partial charge is 0.495 e. The topological polar surface area (TPSA) is 18.5 Å². The summed E-state index contributed by atoms with van der Waals surface area (Å²) in [6.07, 6.45) is 0. The third kappa shape index (κ3) is 3.28. The Labute approximate surface area is 140 Å². The Morgan fingerprint density at radius 2 is 1.76 bits per heavy atom. The van der Waals surface area contributed by atoms with Crippen molar-refractivity contribution in [3.05, 3.63) is 56.8 Å². The van der Waals surface area contributed by atoms with Gasteiger partial charge in [-0.25, -0.2) is 4.39 Å². The number of halogens is 4. The first-order valence-electron chi connectivity index (χ1n) is 5.99. The fourth-order valence-electron chi connectivity index (χ4n) is 1.99. The Hall–Kier alpha value is -0.970. The second-order valence-corrected chi connectivity index (χ2v) is 5.90. The maximum Gasteiger partial charge on any atom is 0.141 e. The summed E-state index contributed by atoms with van der Waals surface area (Å²) in [5.74, 6) is 0.649. The predicted octanol–water partition coefficient (Wildman–Crippen LogP) is 5.59. The molecule has 2 aromatic rings. The summed E-state index contributed by atoms with van der Waals surface area (Å²) < 4.78 is 25.2. The molecule has 0 aliphatic heterocycles. The summed E-state index contributed by atoms with van der Waals surface area (Å²) in [6, 6.07) is 7.88. The maximum atomic E-state index is 14.0. The van der Waals surface area contributed by atoms with Crippen LogP contribution in [0.4, 0.5) is 4.39 Å². The van der Waals surface area contributed by atoms with Crippen molar-refractivity contribution in [3.63, 3.8) is 0 Å². The summed E-state index contributed by atoms with van der Waals surface area (Å²) in [5, 5.41) is -0.387. The number of benzene rings is 2. The summed E-state index contributed by atoms with van der Waals surface area (Å²) in [6.45, 7) is 0. The Bertz CT molecular complexity index is 664. The maximum absolute atomic E-state index is 14.0. The summed E-state index contributed by atoms with van der Waals surface area (Å²) >= 11 is 15.6. The molecule has 0 N–H and O–H groups in total. The summed E-state index contributed by atoms with van der Waals surface area (Å²) in [5.41, 5.74) is 0.962. The van der Waals surface area contributed by atoms with E-state index in [4.69, 9.17) is 32.7 Å². The third-order valence-electron chi connectivity index (χ3n) is 3.02. The third-order valence-corrected chi connectivity index (χ3v) is 4.48. The van der Waals surface area contributed by atoms with E-state index in [2.05, 4.69) is 15.9 Å². The van der Waals surface area contributed by atoms with Crippen molar-refractivity contribution in [1.29, 1.82) is 0 Å². The van der Waals surface area contributed by atoms with Gasteiger partial charge in [0.1, 0.15) is 21.8 Å². The van der Waals surface area contributed by atoms with Crippen LogP contribution in [0, 0.1) is 5.82 Å². The lowest BCUT2D eigenvalue weighted by Gasteiger charge is -2.18. The van der Waals surface area contributed by atoms with Crippen molar-refractivity contribution < 1.29 is 13.9 Å². The Morgan fingerprint density at radius 1 is 1.10 bits per heavy atom. The molecule has 6 heteroatoms. The highest BCUT2D eigenvalue weighted by Crippen LogP contribution is 2.44. The van der Waals surface area contributed by atoms with Gasteiger partial charge in [0.05, 0.1) is 19.6 Å². The van der Waals surface area contributed by atoms with E-state index in [0.29, 0.717) is 32.1 Å². The SMILES string of the molecule is COc1ccc(C(Cl)c2ccc(Cl)cc2F)c(OC)c1Br. The standard InChI is InChI=1S/C15H12BrCl2FO2/c1-20-12-6-5-10(15(21-2)13(12)16)14(18)9-4-3-8(17)7-11(9)19/h3-7,14H,1-2H3. The van der Waals surface area contributed by atoms with E-state index in [1.807, 2.05) is 0 Å². The van der Waals surface area contributed by atoms with E-state index >= 15 is 0 Å². The molecule has 2 aromatic carbocycles. The van der Waals surface area contributed by atoms with Crippen LogP contribution in [-0.4, -0.2) is 14.2 Å². The van der Waals surface area contributed by atoms with Crippen LogP contribution in [0.15, 0.2) is 34.8 Å². The van der Waals surface area contributed by atoms with E-state index < -0.39 is 11.2 Å². The average molecular weight is 394 g/mol. The molecule has 0 aliphatic carbocycles. The van der Waals surface area contributed by atoms with Crippen LogP contribution in [0.3, 0.4) is 0 Å². The van der Waals surface area contributed by atoms with Gasteiger partial charge in [-0.2, -0.15) is 0 Å². The van der Waals surface area contributed by atoms with Gasteiger partial charge in [-0.1, -0.05) is 17.7 Å². The van der Waals surface area contributed by atoms with Gasteiger partial charge in [-0.15, -0.1) is 11.6 Å². The molecule has 112 valence electrons. The summed E-state index contributed by atoms with van der Waals surface area (Å²) in [7, 11) is 3.07. The zero-order valence-corrected chi connectivity index (χ0v) is 14.4. The van der Waals surface area contributed by atoms with Crippen molar-refractivity contribution >= 4 is 39.1 Å². The minimum absolute atomic E-state index is 0.322. The lowest BCUT2D eigenvalue weighted by atomic mass is 10.0. The van der Waals surface area contributed by atoms with E-state index in [-0.39, 0.29) is 0 Å². The second-order valence-electron chi connectivity index (χ2n) is 4.23. The average Bonchev–Trinajstić information content (AvgIpc) is 2.46. The van der Waals surface area contributed by atoms with Crippen LogP contribution >= 0.6 is 39.1 Å². The summed E-state index contributed by atoms with van der Waals surface area (Å²) in [4.78, 5) is 0. The second kappa shape index (κ2) is 6.86. The Kier molecular flexibility index (Phi) is 5.36. The van der Waals surface area contributed by atoms with Gasteiger partial charge in [0.25, 0.3) is 0 Å². The first-order chi connectivity index (χ1) is 9.99. The fourth-order valence-corrected chi connectivity index (χ4v) is 3.18. The van der Waals surface area contributed by atoms with Crippen LogP contribution in [0.25, 0.3) is 0 Å². The van der Waals surface area contributed by atoms with Gasteiger partial charge >= 0.3 is 0 Å². The molecule has 0 saturated heterocycles. The zero-order chi connectivity index (χ0) is 15.6. The highest BCUT2D eigenvalue weighted by molar-refractivity contribution is 9.10. The van der Waals surface area contributed by atoms with Gasteiger partial charge < -0.3 is 9.47 Å². The molecule has 2 nitrogen and oxygen atoms in total. The molecule has 0 fully saturated rings. The molecule has 0 amide bonds. The van der Waals surface area contributed by atoms with Crippen LogP contribution in [0.1, 0.15) is 16.5 Å². The molecule has 1 atom stereocenters. The first kappa shape index (κ1) is 16.4. The van der Waals surface area contributed by atoms with E-state index in [1.165, 1.54) is 13.2 Å². The van der Waals surface area contributed by atoms with Gasteiger partial charge in [-0.3, -0.25) is 0 Å². The number of rotatable bonds is 4. The molecule has 0 aromatic heterocycles. The highest BCUT2D eigenvalue weighted by Gasteiger charge is 2.22.